The van der Waals surface area contributed by atoms with Crippen LogP contribution >= 0.6 is 11.8 Å². The molecule has 0 saturated heterocycles. The number of hydrogen-bond acceptors (Lipinski definition) is 1. The molecule has 1 aliphatic carbocycles. The molecule has 0 atom stereocenters. The molecule has 1 rings (SSSR count). The van der Waals surface area contributed by atoms with Crippen molar-refractivity contribution in [3.63, 3.8) is 0 Å². The van der Waals surface area contributed by atoms with Crippen molar-refractivity contribution in [1.29, 1.82) is 0 Å². The Morgan fingerprint density at radius 2 is 1.29 bits per heavy atom. The van der Waals surface area contributed by atoms with E-state index in [9.17, 15) is 0 Å². The van der Waals surface area contributed by atoms with Gasteiger partial charge in [-0.2, -0.15) is 11.8 Å². The molecule has 102 valence electrons. The summed E-state index contributed by atoms with van der Waals surface area (Å²) in [4.78, 5) is 0. The van der Waals surface area contributed by atoms with Gasteiger partial charge < -0.3 is 0 Å². The lowest BCUT2D eigenvalue weighted by molar-refractivity contribution is 0.563. The predicted molar refractivity (Wildman–Crippen MR) is 81.9 cm³/mol. The van der Waals surface area contributed by atoms with Gasteiger partial charge in [-0.05, 0) is 36.7 Å². The van der Waals surface area contributed by atoms with Gasteiger partial charge in [0.1, 0.15) is 0 Å². The highest BCUT2D eigenvalue weighted by Gasteiger charge is 2.20. The molecular formula is C16H32S. The maximum Gasteiger partial charge on any atom is -0.00391 e. The van der Waals surface area contributed by atoms with Gasteiger partial charge >= 0.3 is 0 Å². The summed E-state index contributed by atoms with van der Waals surface area (Å²) >= 11 is 2.20. The molecule has 0 unspecified atom stereocenters. The van der Waals surface area contributed by atoms with Gasteiger partial charge in [0.15, 0.2) is 0 Å². The molecule has 0 spiro atoms. The van der Waals surface area contributed by atoms with E-state index in [-0.39, 0.29) is 0 Å². The minimum Gasteiger partial charge on any atom is -0.162 e. The summed E-state index contributed by atoms with van der Waals surface area (Å²) in [6, 6.07) is 0. The zero-order valence-corrected chi connectivity index (χ0v) is 12.7. The topological polar surface area (TPSA) is 0 Å². The standard InChI is InChI=1S/C16H32S/c1-2-3-4-5-6-7-8-9-10-11-14-17-15-16-12-13-16/h16H,2-15H2,1H3. The minimum absolute atomic E-state index is 1.11. The van der Waals surface area contributed by atoms with E-state index in [1.54, 1.807) is 0 Å². The van der Waals surface area contributed by atoms with Crippen LogP contribution in [0.4, 0.5) is 0 Å². The van der Waals surface area contributed by atoms with Crippen molar-refractivity contribution in [3.8, 4) is 0 Å². The Hall–Kier alpha value is 0.350. The molecule has 0 radical (unpaired) electrons. The quantitative estimate of drug-likeness (QED) is 0.361. The van der Waals surface area contributed by atoms with Crippen LogP contribution < -0.4 is 0 Å². The second kappa shape index (κ2) is 11.4. The molecule has 0 aromatic carbocycles. The van der Waals surface area contributed by atoms with Crippen LogP contribution in [0.3, 0.4) is 0 Å². The third kappa shape index (κ3) is 11.2. The first-order chi connectivity index (χ1) is 8.43. The predicted octanol–water partition coefficient (Wildman–Crippen LogP) is 6.05. The summed E-state index contributed by atoms with van der Waals surface area (Å²) in [5.41, 5.74) is 0. The van der Waals surface area contributed by atoms with Crippen molar-refractivity contribution >= 4 is 11.8 Å². The summed E-state index contributed by atoms with van der Waals surface area (Å²) in [5.74, 6) is 3.99. The SMILES string of the molecule is CCCCCCCCCCCCSCC1CC1. The average molecular weight is 256 g/mol. The van der Waals surface area contributed by atoms with Crippen molar-refractivity contribution in [2.24, 2.45) is 5.92 Å². The van der Waals surface area contributed by atoms with Gasteiger partial charge in [0, 0.05) is 0 Å². The van der Waals surface area contributed by atoms with Crippen LogP contribution in [0.2, 0.25) is 0 Å². The molecule has 17 heavy (non-hydrogen) atoms. The third-order valence-electron chi connectivity index (χ3n) is 3.69. The van der Waals surface area contributed by atoms with E-state index in [0.717, 1.165) is 5.92 Å². The van der Waals surface area contributed by atoms with E-state index in [0.29, 0.717) is 0 Å². The average Bonchev–Trinajstić information content (AvgIpc) is 3.15. The zero-order valence-electron chi connectivity index (χ0n) is 11.9. The van der Waals surface area contributed by atoms with Gasteiger partial charge in [-0.25, -0.2) is 0 Å². The van der Waals surface area contributed by atoms with E-state index in [4.69, 9.17) is 0 Å². The van der Waals surface area contributed by atoms with Crippen molar-refractivity contribution in [1.82, 2.24) is 0 Å². The minimum atomic E-state index is 1.11. The smallest absolute Gasteiger partial charge is 0.00391 e. The summed E-state index contributed by atoms with van der Waals surface area (Å²) < 4.78 is 0. The van der Waals surface area contributed by atoms with Gasteiger partial charge in [0.2, 0.25) is 0 Å². The molecule has 1 saturated carbocycles. The lowest BCUT2D eigenvalue weighted by atomic mass is 10.1. The Morgan fingerprint density at radius 3 is 1.82 bits per heavy atom. The highest BCUT2D eigenvalue weighted by Crippen LogP contribution is 2.32. The van der Waals surface area contributed by atoms with E-state index in [2.05, 4.69) is 18.7 Å². The van der Waals surface area contributed by atoms with Crippen LogP contribution in [0.1, 0.15) is 84.0 Å². The Kier molecular flexibility index (Phi) is 10.4. The van der Waals surface area contributed by atoms with Gasteiger partial charge in [-0.3, -0.25) is 0 Å². The van der Waals surface area contributed by atoms with Gasteiger partial charge in [-0.1, -0.05) is 64.7 Å². The molecule has 0 nitrogen and oxygen atoms in total. The molecule has 1 fully saturated rings. The fraction of sp³-hybridized carbons (Fsp3) is 1.00. The monoisotopic (exact) mass is 256 g/mol. The molecule has 0 aliphatic heterocycles. The summed E-state index contributed by atoms with van der Waals surface area (Å²) in [6.07, 6.45) is 17.7. The van der Waals surface area contributed by atoms with E-state index in [1.165, 1.54) is 88.6 Å². The summed E-state index contributed by atoms with van der Waals surface area (Å²) in [7, 11) is 0. The second-order valence-electron chi connectivity index (χ2n) is 5.70. The van der Waals surface area contributed by atoms with Crippen molar-refractivity contribution < 1.29 is 0 Å². The molecule has 0 aromatic rings. The highest BCUT2D eigenvalue weighted by molar-refractivity contribution is 7.99. The first-order valence-corrected chi connectivity index (χ1v) is 9.16. The lowest BCUT2D eigenvalue weighted by Gasteiger charge is -2.02. The highest BCUT2D eigenvalue weighted by atomic mass is 32.2. The van der Waals surface area contributed by atoms with Gasteiger partial charge in [0.25, 0.3) is 0 Å². The van der Waals surface area contributed by atoms with Crippen LogP contribution in [-0.2, 0) is 0 Å². The van der Waals surface area contributed by atoms with Gasteiger partial charge in [0.05, 0.1) is 0 Å². The van der Waals surface area contributed by atoms with Crippen LogP contribution in [0, 0.1) is 5.92 Å². The maximum atomic E-state index is 2.29. The summed E-state index contributed by atoms with van der Waals surface area (Å²) in [5, 5.41) is 0. The number of unbranched alkanes of at least 4 members (excludes halogenated alkanes) is 9. The second-order valence-corrected chi connectivity index (χ2v) is 6.85. The zero-order chi connectivity index (χ0) is 12.2. The molecule has 1 aliphatic rings. The van der Waals surface area contributed by atoms with E-state index < -0.39 is 0 Å². The first-order valence-electron chi connectivity index (χ1n) is 8.01. The normalized spacial score (nSPS) is 15.4. The lowest BCUT2D eigenvalue weighted by Crippen LogP contribution is -1.86. The van der Waals surface area contributed by atoms with Crippen LogP contribution in [-0.4, -0.2) is 11.5 Å². The van der Waals surface area contributed by atoms with Crippen LogP contribution in [0.5, 0.6) is 0 Å². The molecule has 0 aromatic heterocycles. The number of thioether (sulfide) groups is 1. The largest absolute Gasteiger partial charge is 0.162 e. The Balaban J connectivity index is 1.61. The number of hydrogen-bond donors (Lipinski definition) is 0. The molecule has 0 amide bonds. The van der Waals surface area contributed by atoms with Crippen LogP contribution in [0.25, 0.3) is 0 Å². The Labute approximate surface area is 113 Å². The molecule has 0 heterocycles. The van der Waals surface area contributed by atoms with Crippen molar-refractivity contribution in [2.75, 3.05) is 11.5 Å². The molecule has 1 heteroatoms. The van der Waals surface area contributed by atoms with Gasteiger partial charge in [-0.15, -0.1) is 0 Å². The Bertz CT molecular complexity index is 152. The number of rotatable bonds is 13. The molecule has 0 N–H and O–H groups in total. The molecular weight excluding hydrogens is 224 g/mol. The van der Waals surface area contributed by atoms with Crippen LogP contribution in [0.15, 0.2) is 0 Å². The maximum absolute atomic E-state index is 2.29. The fourth-order valence-corrected chi connectivity index (χ4v) is 3.47. The van der Waals surface area contributed by atoms with E-state index >= 15 is 0 Å². The Morgan fingerprint density at radius 1 is 0.765 bits per heavy atom. The fourth-order valence-electron chi connectivity index (χ4n) is 2.23. The molecule has 0 bridgehead atoms. The first kappa shape index (κ1) is 15.4. The van der Waals surface area contributed by atoms with Crippen molar-refractivity contribution in [3.05, 3.63) is 0 Å². The van der Waals surface area contributed by atoms with E-state index in [1.807, 2.05) is 0 Å². The summed E-state index contributed by atoms with van der Waals surface area (Å²) in [6.45, 7) is 2.29. The van der Waals surface area contributed by atoms with Crippen molar-refractivity contribution in [2.45, 2.75) is 84.0 Å². The third-order valence-corrected chi connectivity index (χ3v) is 4.98.